The Balaban J connectivity index is 1.42. The molecule has 1 aromatic rings. The van der Waals surface area contributed by atoms with Crippen LogP contribution in [0.2, 0.25) is 0 Å². The molecular formula is C20H23F3N2O2. The molecule has 0 heterocycles. The van der Waals surface area contributed by atoms with Crippen LogP contribution in [0, 0.1) is 40.6 Å². The molecule has 0 saturated heterocycles. The van der Waals surface area contributed by atoms with E-state index in [2.05, 4.69) is 5.32 Å². The van der Waals surface area contributed by atoms with E-state index >= 15 is 0 Å². The molecule has 4 bridgehead atoms. The number of hydrogen-bond donors (Lipinski definition) is 2. The van der Waals surface area contributed by atoms with E-state index < -0.39 is 35.0 Å². The zero-order valence-electron chi connectivity index (χ0n) is 15.2. The molecule has 4 fully saturated rings. The molecule has 27 heavy (non-hydrogen) atoms. The predicted octanol–water partition coefficient (Wildman–Crippen LogP) is 3.76. The second-order valence-electron chi connectivity index (χ2n) is 8.65. The number of carbonyl (C=O) groups is 2. The SMILES string of the molecule is CC(NC(=O)C(=O)Nc1ccc(F)c(F)c1F)C12CC3CC(CC(C3)C1)C2. The Morgan fingerprint density at radius 2 is 1.52 bits per heavy atom. The second-order valence-corrected chi connectivity index (χ2v) is 8.65. The lowest BCUT2D eigenvalue weighted by Gasteiger charge is -2.59. The average Bonchev–Trinajstić information content (AvgIpc) is 2.61. The van der Waals surface area contributed by atoms with Gasteiger partial charge in [0.25, 0.3) is 0 Å². The van der Waals surface area contributed by atoms with Crippen LogP contribution in [0.4, 0.5) is 18.9 Å². The van der Waals surface area contributed by atoms with Crippen molar-refractivity contribution in [3.8, 4) is 0 Å². The smallest absolute Gasteiger partial charge is 0.313 e. The van der Waals surface area contributed by atoms with Gasteiger partial charge < -0.3 is 10.6 Å². The summed E-state index contributed by atoms with van der Waals surface area (Å²) in [5.41, 5.74) is -0.533. The Hall–Kier alpha value is -2.05. The van der Waals surface area contributed by atoms with E-state index in [-0.39, 0.29) is 11.5 Å². The van der Waals surface area contributed by atoms with E-state index in [0.29, 0.717) is 23.8 Å². The molecule has 4 saturated carbocycles. The first-order valence-electron chi connectivity index (χ1n) is 9.53. The lowest BCUT2D eigenvalue weighted by atomic mass is 9.48. The van der Waals surface area contributed by atoms with Gasteiger partial charge in [-0.2, -0.15) is 0 Å². The number of nitrogens with one attached hydrogen (secondary N) is 2. The van der Waals surface area contributed by atoms with Crippen molar-refractivity contribution in [1.82, 2.24) is 5.32 Å². The molecule has 4 nitrogen and oxygen atoms in total. The third kappa shape index (κ3) is 3.21. The maximum Gasteiger partial charge on any atom is 0.313 e. The normalized spacial score (nSPS) is 32.2. The van der Waals surface area contributed by atoms with Crippen LogP contribution in [0.5, 0.6) is 0 Å². The molecule has 2 amide bonds. The van der Waals surface area contributed by atoms with Gasteiger partial charge in [0, 0.05) is 6.04 Å². The van der Waals surface area contributed by atoms with Crippen molar-refractivity contribution in [1.29, 1.82) is 0 Å². The fourth-order valence-corrected chi connectivity index (χ4v) is 5.92. The predicted molar refractivity (Wildman–Crippen MR) is 93.2 cm³/mol. The van der Waals surface area contributed by atoms with E-state index in [0.717, 1.165) is 25.3 Å². The molecule has 1 unspecified atom stereocenters. The fraction of sp³-hybridized carbons (Fsp3) is 0.600. The van der Waals surface area contributed by atoms with Crippen LogP contribution in [0.25, 0.3) is 0 Å². The number of benzene rings is 1. The monoisotopic (exact) mass is 380 g/mol. The standard InChI is InChI=1S/C20H23F3N2O2/c1-10(20-7-11-4-12(8-20)6-13(5-11)9-20)24-18(26)19(27)25-15-3-2-14(21)16(22)17(15)23/h2-3,10-13H,4-9H2,1H3,(H,24,26)(H,25,27). The molecule has 0 aromatic heterocycles. The Kier molecular flexibility index (Phi) is 4.43. The van der Waals surface area contributed by atoms with Gasteiger partial charge in [-0.05, 0) is 80.8 Å². The van der Waals surface area contributed by atoms with Gasteiger partial charge in [0.2, 0.25) is 0 Å². The highest BCUT2D eigenvalue weighted by Gasteiger charge is 2.53. The topological polar surface area (TPSA) is 58.2 Å². The molecule has 0 spiro atoms. The molecule has 7 heteroatoms. The van der Waals surface area contributed by atoms with Crippen LogP contribution >= 0.6 is 0 Å². The molecule has 146 valence electrons. The van der Waals surface area contributed by atoms with Gasteiger partial charge in [0.15, 0.2) is 17.5 Å². The van der Waals surface area contributed by atoms with Crippen LogP contribution in [0.15, 0.2) is 12.1 Å². The van der Waals surface area contributed by atoms with E-state index in [1.165, 1.54) is 19.3 Å². The Bertz CT molecular complexity index is 760. The number of carbonyl (C=O) groups excluding carboxylic acids is 2. The highest BCUT2D eigenvalue weighted by atomic mass is 19.2. The van der Waals surface area contributed by atoms with Crippen molar-refractivity contribution in [2.75, 3.05) is 5.32 Å². The number of amides is 2. The van der Waals surface area contributed by atoms with Crippen molar-refractivity contribution < 1.29 is 22.8 Å². The zero-order valence-corrected chi connectivity index (χ0v) is 15.2. The lowest BCUT2D eigenvalue weighted by molar-refractivity contribution is -0.138. The summed E-state index contributed by atoms with van der Waals surface area (Å²) in [6, 6.07) is 1.42. The maximum absolute atomic E-state index is 13.7. The van der Waals surface area contributed by atoms with Crippen LogP contribution in [0.3, 0.4) is 0 Å². The quantitative estimate of drug-likeness (QED) is 0.620. The summed E-state index contributed by atoms with van der Waals surface area (Å²) >= 11 is 0. The molecule has 1 atom stereocenters. The summed E-state index contributed by atoms with van der Waals surface area (Å²) in [7, 11) is 0. The fourth-order valence-electron chi connectivity index (χ4n) is 5.92. The second kappa shape index (κ2) is 6.53. The molecule has 4 aliphatic carbocycles. The van der Waals surface area contributed by atoms with Gasteiger partial charge in [0.1, 0.15) is 0 Å². The van der Waals surface area contributed by atoms with Crippen molar-refractivity contribution in [3.05, 3.63) is 29.6 Å². The van der Waals surface area contributed by atoms with Crippen molar-refractivity contribution in [2.45, 2.75) is 51.5 Å². The summed E-state index contributed by atoms with van der Waals surface area (Å²) in [4.78, 5) is 24.4. The van der Waals surface area contributed by atoms with Gasteiger partial charge in [-0.25, -0.2) is 13.2 Å². The number of hydrogen-bond acceptors (Lipinski definition) is 2. The minimum absolute atomic E-state index is 0.0257. The van der Waals surface area contributed by atoms with Crippen LogP contribution in [-0.2, 0) is 9.59 Å². The number of halogens is 3. The Morgan fingerprint density at radius 3 is 2.07 bits per heavy atom. The van der Waals surface area contributed by atoms with Crippen LogP contribution < -0.4 is 10.6 Å². The van der Waals surface area contributed by atoms with Gasteiger partial charge in [-0.3, -0.25) is 9.59 Å². The minimum Gasteiger partial charge on any atom is -0.345 e. The Labute approximate surface area is 155 Å². The van der Waals surface area contributed by atoms with Crippen LogP contribution in [-0.4, -0.2) is 17.9 Å². The summed E-state index contributed by atoms with van der Waals surface area (Å²) in [6.45, 7) is 1.93. The third-order valence-corrected chi connectivity index (χ3v) is 6.84. The summed E-state index contributed by atoms with van der Waals surface area (Å²) in [6.07, 6.45) is 7.03. The minimum atomic E-state index is -1.69. The van der Waals surface area contributed by atoms with Crippen molar-refractivity contribution >= 4 is 17.5 Å². The van der Waals surface area contributed by atoms with Crippen LogP contribution in [0.1, 0.15) is 45.4 Å². The van der Waals surface area contributed by atoms with Crippen molar-refractivity contribution in [3.63, 3.8) is 0 Å². The lowest BCUT2D eigenvalue weighted by Crippen LogP contribution is -2.57. The first kappa shape index (κ1) is 18.3. The number of rotatable bonds is 3. The largest absolute Gasteiger partial charge is 0.345 e. The molecule has 2 N–H and O–H groups in total. The molecular weight excluding hydrogens is 357 g/mol. The van der Waals surface area contributed by atoms with E-state index in [9.17, 15) is 22.8 Å². The van der Waals surface area contributed by atoms with Gasteiger partial charge in [-0.15, -0.1) is 0 Å². The maximum atomic E-state index is 13.7. The van der Waals surface area contributed by atoms with Crippen molar-refractivity contribution in [2.24, 2.45) is 23.2 Å². The molecule has 0 aliphatic heterocycles. The highest BCUT2D eigenvalue weighted by Crippen LogP contribution is 2.61. The summed E-state index contributed by atoms with van der Waals surface area (Å²) in [5, 5.41) is 4.79. The number of anilines is 1. The zero-order chi connectivity index (χ0) is 19.3. The highest BCUT2D eigenvalue weighted by molar-refractivity contribution is 6.39. The first-order valence-corrected chi connectivity index (χ1v) is 9.53. The van der Waals surface area contributed by atoms with E-state index in [1.54, 1.807) is 0 Å². The Morgan fingerprint density at radius 1 is 0.963 bits per heavy atom. The third-order valence-electron chi connectivity index (χ3n) is 6.84. The first-order chi connectivity index (χ1) is 12.8. The van der Waals surface area contributed by atoms with E-state index in [1.807, 2.05) is 12.2 Å². The summed E-state index contributed by atoms with van der Waals surface area (Å²) in [5.74, 6) is -4.41. The molecule has 4 aliphatic rings. The van der Waals surface area contributed by atoms with Gasteiger partial charge in [-0.1, -0.05) is 0 Å². The van der Waals surface area contributed by atoms with Gasteiger partial charge >= 0.3 is 11.8 Å². The molecule has 1 aromatic carbocycles. The molecule has 0 radical (unpaired) electrons. The molecule has 5 rings (SSSR count). The van der Waals surface area contributed by atoms with E-state index in [4.69, 9.17) is 0 Å². The average molecular weight is 380 g/mol. The van der Waals surface area contributed by atoms with Gasteiger partial charge in [0.05, 0.1) is 5.69 Å². The summed E-state index contributed by atoms with van der Waals surface area (Å²) < 4.78 is 39.9.